The number of methoxy groups -OCH3 is 3. The number of ether oxygens (including phenoxy) is 6. The van der Waals surface area contributed by atoms with Crippen LogP contribution in [0.3, 0.4) is 0 Å². The number of carbonyl (C=O) groups is 1. The van der Waals surface area contributed by atoms with Crippen molar-refractivity contribution in [2.24, 2.45) is 0 Å². The van der Waals surface area contributed by atoms with Gasteiger partial charge in [0.25, 0.3) is 0 Å². The maximum Gasteiger partial charge on any atom is 0.412 e. The van der Waals surface area contributed by atoms with Crippen LogP contribution in [0.1, 0.15) is 33.9 Å². The summed E-state index contributed by atoms with van der Waals surface area (Å²) in [4.78, 5) is 16.7. The molecule has 0 radical (unpaired) electrons. The number of nitrogens with one attached hydrogen (secondary N) is 1. The van der Waals surface area contributed by atoms with Gasteiger partial charge in [-0.3, -0.25) is 4.90 Å². The van der Waals surface area contributed by atoms with E-state index >= 15 is 0 Å². The first-order valence-corrected chi connectivity index (χ1v) is 16.1. The quantitative estimate of drug-likeness (QED) is 0.199. The molecular formula is C38H43N3O7. The van der Waals surface area contributed by atoms with Crippen LogP contribution in [0.5, 0.6) is 46.0 Å². The molecule has 0 unspecified atom stereocenters. The molecule has 10 nitrogen and oxygen atoms in total. The largest absolute Gasteiger partial charge is 0.493 e. The molecule has 0 aromatic heterocycles. The zero-order valence-corrected chi connectivity index (χ0v) is 28.4. The van der Waals surface area contributed by atoms with E-state index in [-0.39, 0.29) is 6.04 Å². The summed E-state index contributed by atoms with van der Waals surface area (Å²) in [5, 5.41) is 2.50. The number of fused-ring (bicyclic) bond motifs is 2. The summed E-state index contributed by atoms with van der Waals surface area (Å²) in [6, 6.07) is 21.4. The van der Waals surface area contributed by atoms with Crippen LogP contribution in [0.2, 0.25) is 0 Å². The van der Waals surface area contributed by atoms with E-state index in [4.69, 9.17) is 28.4 Å². The molecule has 0 bridgehead atoms. The molecular weight excluding hydrogens is 610 g/mol. The van der Waals surface area contributed by atoms with Crippen LogP contribution >= 0.6 is 0 Å². The van der Waals surface area contributed by atoms with E-state index in [1.807, 2.05) is 42.5 Å². The van der Waals surface area contributed by atoms with Crippen molar-refractivity contribution in [3.05, 3.63) is 94.5 Å². The maximum absolute atomic E-state index is 12.1. The molecule has 1 N–H and O–H groups in total. The molecule has 0 aliphatic carbocycles. The minimum absolute atomic E-state index is 0.0320. The number of amides is 1. The van der Waals surface area contributed by atoms with Gasteiger partial charge >= 0.3 is 6.09 Å². The molecule has 6 rings (SSSR count). The summed E-state index contributed by atoms with van der Waals surface area (Å²) in [7, 11) is 10.7. The van der Waals surface area contributed by atoms with Crippen LogP contribution in [0.25, 0.3) is 0 Å². The van der Waals surface area contributed by atoms with Gasteiger partial charge in [0.2, 0.25) is 5.75 Å². The second-order valence-electron chi connectivity index (χ2n) is 12.2. The molecule has 0 saturated carbocycles. The summed E-state index contributed by atoms with van der Waals surface area (Å²) >= 11 is 0. The normalized spacial score (nSPS) is 15.9. The van der Waals surface area contributed by atoms with Crippen molar-refractivity contribution in [1.29, 1.82) is 0 Å². The highest BCUT2D eigenvalue weighted by Crippen LogP contribution is 2.49. The Hall–Kier alpha value is -4.93. The molecule has 2 heterocycles. The van der Waals surface area contributed by atoms with Crippen molar-refractivity contribution < 1.29 is 33.2 Å². The molecule has 1 amide bonds. The first-order chi connectivity index (χ1) is 23.3. The van der Waals surface area contributed by atoms with E-state index in [2.05, 4.69) is 47.4 Å². The summed E-state index contributed by atoms with van der Waals surface area (Å²) in [5.41, 5.74) is 5.66. The van der Waals surface area contributed by atoms with Crippen LogP contribution < -0.4 is 33.7 Å². The zero-order chi connectivity index (χ0) is 33.8. The summed E-state index contributed by atoms with van der Waals surface area (Å²) in [6.07, 6.45) is 1.88. The first-order valence-electron chi connectivity index (χ1n) is 16.1. The SMILES string of the molecule is CNC(=O)Oc1ccc(C[C@@H]2c3cc(Oc4c5c(cc(OC)c4OC)CCN(C)C5)c(OC)cc3CCN2C)cc1Oc1ccccc1. The maximum atomic E-state index is 12.1. The molecule has 10 heteroatoms. The number of likely N-dealkylation sites (N-methyl/N-ethyl adjacent to an activating group) is 2. The van der Waals surface area contributed by atoms with Crippen LogP contribution in [0, 0.1) is 0 Å². The number of rotatable bonds is 10. The van der Waals surface area contributed by atoms with Gasteiger partial charge in [0, 0.05) is 38.3 Å². The van der Waals surface area contributed by atoms with Crippen LogP contribution in [0.15, 0.2) is 66.7 Å². The third kappa shape index (κ3) is 6.86. The topological polar surface area (TPSA) is 91.0 Å². The van der Waals surface area contributed by atoms with Crippen LogP contribution in [-0.2, 0) is 25.8 Å². The van der Waals surface area contributed by atoms with Crippen molar-refractivity contribution in [2.75, 3.05) is 55.6 Å². The molecule has 1 atom stereocenters. The molecule has 48 heavy (non-hydrogen) atoms. The van der Waals surface area contributed by atoms with Crippen molar-refractivity contribution in [3.63, 3.8) is 0 Å². The van der Waals surface area contributed by atoms with E-state index in [0.717, 1.165) is 49.2 Å². The lowest BCUT2D eigenvalue weighted by Crippen LogP contribution is -2.33. The fraction of sp³-hybridized carbons (Fsp3) is 0.342. The van der Waals surface area contributed by atoms with Gasteiger partial charge in [-0.25, -0.2) is 4.79 Å². The van der Waals surface area contributed by atoms with E-state index in [9.17, 15) is 4.79 Å². The van der Waals surface area contributed by atoms with Gasteiger partial charge in [-0.1, -0.05) is 24.3 Å². The fourth-order valence-corrected chi connectivity index (χ4v) is 6.50. The smallest absolute Gasteiger partial charge is 0.412 e. The number of hydrogen-bond acceptors (Lipinski definition) is 9. The summed E-state index contributed by atoms with van der Waals surface area (Å²) in [6.45, 7) is 2.57. The Morgan fingerprint density at radius 3 is 2.23 bits per heavy atom. The average molecular weight is 654 g/mol. The third-order valence-electron chi connectivity index (χ3n) is 9.09. The van der Waals surface area contributed by atoms with Crippen molar-refractivity contribution in [3.8, 4) is 46.0 Å². The number of nitrogens with zero attached hydrogens (tertiary/aromatic N) is 2. The Bertz CT molecular complexity index is 1780. The predicted octanol–water partition coefficient (Wildman–Crippen LogP) is 6.77. The molecule has 2 aliphatic rings. The average Bonchev–Trinajstić information content (AvgIpc) is 3.10. The molecule has 0 spiro atoms. The Kier molecular flexibility index (Phi) is 9.93. The lowest BCUT2D eigenvalue weighted by molar-refractivity contribution is 0.201. The van der Waals surface area contributed by atoms with Crippen molar-refractivity contribution in [1.82, 2.24) is 15.1 Å². The zero-order valence-electron chi connectivity index (χ0n) is 28.4. The van der Waals surface area contributed by atoms with E-state index in [1.165, 1.54) is 18.2 Å². The van der Waals surface area contributed by atoms with Gasteiger partial charge in [-0.2, -0.15) is 0 Å². The first kappa shape index (κ1) is 33.0. The van der Waals surface area contributed by atoms with Gasteiger partial charge in [0.05, 0.1) is 21.3 Å². The molecule has 252 valence electrons. The molecule has 0 saturated heterocycles. The lowest BCUT2D eigenvalue weighted by atomic mass is 9.88. The van der Waals surface area contributed by atoms with Gasteiger partial charge in [-0.15, -0.1) is 0 Å². The number of carbonyl (C=O) groups excluding carboxylic acids is 1. The second-order valence-corrected chi connectivity index (χ2v) is 12.2. The number of hydrogen-bond donors (Lipinski definition) is 1. The highest BCUT2D eigenvalue weighted by Gasteiger charge is 2.30. The molecule has 0 fully saturated rings. The minimum Gasteiger partial charge on any atom is -0.493 e. The third-order valence-corrected chi connectivity index (χ3v) is 9.09. The Morgan fingerprint density at radius 1 is 0.771 bits per heavy atom. The van der Waals surface area contributed by atoms with Gasteiger partial charge in [0.15, 0.2) is 34.5 Å². The van der Waals surface area contributed by atoms with Crippen LogP contribution in [0.4, 0.5) is 4.79 Å². The second kappa shape index (κ2) is 14.5. The van der Waals surface area contributed by atoms with Gasteiger partial charge < -0.3 is 38.6 Å². The van der Waals surface area contributed by atoms with Crippen molar-refractivity contribution >= 4 is 6.09 Å². The predicted molar refractivity (Wildman–Crippen MR) is 183 cm³/mol. The van der Waals surface area contributed by atoms with Crippen molar-refractivity contribution in [2.45, 2.75) is 31.8 Å². The Morgan fingerprint density at radius 2 is 1.50 bits per heavy atom. The van der Waals surface area contributed by atoms with E-state index in [1.54, 1.807) is 27.4 Å². The monoisotopic (exact) mass is 653 g/mol. The highest BCUT2D eigenvalue weighted by atomic mass is 16.6. The van der Waals surface area contributed by atoms with Crippen LogP contribution in [-0.4, -0.2) is 71.5 Å². The summed E-state index contributed by atoms with van der Waals surface area (Å²) in [5.74, 6) is 4.56. The molecule has 2 aliphatic heterocycles. The standard InChI is InChI=1S/C38H43N3O7/c1-39-38(42)48-31-13-12-24(19-33(31)46-27-10-8-7-9-11-27)18-30-28-22-34(32(43-4)20-25(28)15-17-41(30)3)47-36-29-23-40(2)16-14-26(29)21-35(44-5)37(36)45-6/h7-13,19-22,30H,14-18,23H2,1-6H3,(H,39,42)/t30-/m1/s1. The Labute approximate surface area is 282 Å². The van der Waals surface area contributed by atoms with Gasteiger partial charge in [0.1, 0.15) is 5.75 Å². The number of benzene rings is 4. The summed E-state index contributed by atoms with van der Waals surface area (Å²) < 4.78 is 36.1. The van der Waals surface area contributed by atoms with E-state index < -0.39 is 6.09 Å². The fourth-order valence-electron chi connectivity index (χ4n) is 6.50. The molecule has 4 aromatic carbocycles. The lowest BCUT2D eigenvalue weighted by Gasteiger charge is -2.35. The number of para-hydroxylation sites is 1. The highest BCUT2D eigenvalue weighted by molar-refractivity contribution is 5.71. The van der Waals surface area contributed by atoms with Gasteiger partial charge in [-0.05, 0) is 98.1 Å². The van der Waals surface area contributed by atoms with E-state index in [0.29, 0.717) is 52.4 Å². The minimum atomic E-state index is -0.566. The Balaban J connectivity index is 1.37. The molecule has 4 aromatic rings.